The van der Waals surface area contributed by atoms with Gasteiger partial charge in [-0.15, -0.1) is 32.9 Å². The van der Waals surface area contributed by atoms with Crippen molar-refractivity contribution in [2.75, 3.05) is 25.5 Å². The van der Waals surface area contributed by atoms with Crippen molar-refractivity contribution in [3.8, 4) is 26.6 Å². The molecule has 0 radical (unpaired) electrons. The number of carbonyl (C=O) groups excluding carboxylic acids is 4. The van der Waals surface area contributed by atoms with Crippen molar-refractivity contribution in [1.29, 1.82) is 0 Å². The highest BCUT2D eigenvalue weighted by Crippen LogP contribution is 2.40. The number of thiazole rings is 1. The van der Waals surface area contributed by atoms with E-state index in [1.54, 1.807) is 33.8 Å². The van der Waals surface area contributed by atoms with Crippen LogP contribution in [0.3, 0.4) is 0 Å². The quantitative estimate of drug-likeness (QED) is 0.0959. The Morgan fingerprint density at radius 2 is 1.58 bits per heavy atom. The number of nitrogens with zero attached hydrogens (tertiary/aromatic N) is 7. The van der Waals surface area contributed by atoms with Gasteiger partial charge in [-0.1, -0.05) is 69.3 Å². The molecule has 1 fully saturated rings. The minimum atomic E-state index is -0.862. The third-order valence-electron chi connectivity index (χ3n) is 12.5. The predicted octanol–water partition coefficient (Wildman–Crippen LogP) is 8.01. The summed E-state index contributed by atoms with van der Waals surface area (Å²) in [5, 5.41) is 18.9. The van der Waals surface area contributed by atoms with Crippen LogP contribution >= 0.6 is 22.7 Å². The minimum absolute atomic E-state index is 0.0253. The number of hydrogen-bond acceptors (Lipinski definition) is 13. The van der Waals surface area contributed by atoms with Gasteiger partial charge < -0.3 is 25.6 Å². The maximum absolute atomic E-state index is 14.2. The number of fused-ring (bicyclic) bond motifs is 3. The summed E-state index contributed by atoms with van der Waals surface area (Å²) >= 11 is 3.25. The summed E-state index contributed by atoms with van der Waals surface area (Å²) in [6.07, 6.45) is 3.00. The first kappa shape index (κ1) is 46.9. The van der Waals surface area contributed by atoms with E-state index in [1.807, 2.05) is 112 Å². The third-order valence-corrected chi connectivity index (χ3v) is 14.7. The topological polar surface area (TPSA) is 186 Å². The second-order valence-corrected chi connectivity index (χ2v) is 20.3. The number of aromatic nitrogens is 5. The number of carbonyl (C=O) groups is 4. The Balaban J connectivity index is 0.896. The van der Waals surface area contributed by atoms with Gasteiger partial charge in [-0.05, 0) is 87.3 Å². The number of esters is 1. The van der Waals surface area contributed by atoms with Gasteiger partial charge in [-0.2, -0.15) is 0 Å². The van der Waals surface area contributed by atoms with Crippen LogP contribution < -0.4 is 16.0 Å². The second kappa shape index (κ2) is 19.3. The maximum Gasteiger partial charge on any atom is 0.308 e. The molecular formula is C50H56N10O5S2. The molecule has 2 aliphatic rings. The van der Waals surface area contributed by atoms with Crippen LogP contribution in [0.5, 0.6) is 0 Å². The van der Waals surface area contributed by atoms with Gasteiger partial charge in [-0.25, -0.2) is 9.97 Å². The van der Waals surface area contributed by atoms with Crippen LogP contribution in [0.1, 0.15) is 104 Å². The number of rotatable bonds is 13. The summed E-state index contributed by atoms with van der Waals surface area (Å²) in [6.45, 7) is 16.0. The zero-order valence-corrected chi connectivity index (χ0v) is 40.9. The molecule has 6 aromatic rings. The Labute approximate surface area is 398 Å². The molecule has 2 aliphatic heterocycles. The standard InChI is InChI=1S/C50H56N10O5S2/c1-27-30(4)67-49-42(27)43(55-37(23-41(62)65-9)46-58-57-31(5)60(46)49)34-16-14-33(15-17-34)36-20-21-39(51-24-36)52-25-40(61)56-45(50(6,7)8)48(64)59-22-10-11-38(59)47(63)54-28(2)32-12-18-35(19-13-32)44-29(3)53-26-66-44/h12-21,24,26,28,37-38,45H,10-11,22-23,25H2,1-9H3,(H,51,52)(H,54,63)(H,56,61)/t28-,37?,38?,45?/m0/s1. The highest BCUT2D eigenvalue weighted by atomic mass is 32.1. The highest BCUT2D eigenvalue weighted by molar-refractivity contribution is 7.15. The van der Waals surface area contributed by atoms with Crippen LogP contribution in [0.2, 0.25) is 0 Å². The lowest BCUT2D eigenvalue weighted by Gasteiger charge is -2.35. The highest BCUT2D eigenvalue weighted by Gasteiger charge is 2.42. The van der Waals surface area contributed by atoms with E-state index in [-0.39, 0.29) is 42.7 Å². The fourth-order valence-electron chi connectivity index (χ4n) is 8.65. The summed E-state index contributed by atoms with van der Waals surface area (Å²) in [4.78, 5) is 71.9. The second-order valence-electron chi connectivity index (χ2n) is 18.2. The van der Waals surface area contributed by atoms with Crippen LogP contribution in [0.15, 0.2) is 77.4 Å². The molecular weight excluding hydrogens is 885 g/mol. The summed E-state index contributed by atoms with van der Waals surface area (Å²) in [6, 6.07) is 17.5. The fourth-order valence-corrected chi connectivity index (χ4v) is 10.7. The fraction of sp³-hybridized carbons (Fsp3) is 0.380. The summed E-state index contributed by atoms with van der Waals surface area (Å²) < 4.78 is 7.04. The van der Waals surface area contributed by atoms with Crippen LogP contribution in [-0.4, -0.2) is 91.3 Å². The van der Waals surface area contributed by atoms with E-state index in [2.05, 4.69) is 50.0 Å². The summed E-state index contributed by atoms with van der Waals surface area (Å²) in [5.41, 5.74) is 9.78. The molecule has 4 atom stereocenters. The van der Waals surface area contributed by atoms with Crippen LogP contribution in [0.25, 0.3) is 26.6 Å². The lowest BCUT2D eigenvalue weighted by atomic mass is 9.85. The lowest BCUT2D eigenvalue weighted by molar-refractivity contribution is -0.143. The molecule has 0 aliphatic carbocycles. The number of amides is 3. The van der Waals surface area contributed by atoms with Gasteiger partial charge in [-0.3, -0.25) is 28.7 Å². The molecule has 0 saturated carbocycles. The number of hydrogen-bond donors (Lipinski definition) is 3. The largest absolute Gasteiger partial charge is 0.469 e. The number of aryl methyl sites for hydroxylation is 3. The van der Waals surface area contributed by atoms with Crippen molar-refractivity contribution in [1.82, 2.24) is 40.3 Å². The van der Waals surface area contributed by atoms with Gasteiger partial charge in [0, 0.05) is 34.3 Å². The Morgan fingerprint density at radius 3 is 2.24 bits per heavy atom. The van der Waals surface area contributed by atoms with Crippen molar-refractivity contribution < 1.29 is 23.9 Å². The van der Waals surface area contributed by atoms with Crippen molar-refractivity contribution >= 4 is 57.9 Å². The number of nitrogens with one attached hydrogen (secondary N) is 3. The monoisotopic (exact) mass is 940 g/mol. The summed E-state index contributed by atoms with van der Waals surface area (Å²) in [7, 11) is 1.37. The first-order chi connectivity index (χ1) is 32.0. The van der Waals surface area contributed by atoms with Gasteiger partial charge >= 0.3 is 5.97 Å². The van der Waals surface area contributed by atoms with E-state index in [1.165, 1.54) is 7.11 Å². The minimum Gasteiger partial charge on any atom is -0.469 e. The Morgan fingerprint density at radius 1 is 0.881 bits per heavy atom. The number of likely N-dealkylation sites (tertiary alicyclic amines) is 1. The van der Waals surface area contributed by atoms with Crippen molar-refractivity contribution in [3.05, 3.63) is 117 Å². The SMILES string of the molecule is COC(=O)CC1N=C(c2ccc(-c3ccc(NCC(=O)NC(C(=O)N4CCCC4C(=O)N[C@@H](C)c4ccc(-c5scnc5C)cc4)C(C)(C)C)nc3)cc2)c2c(sc(C)c2C)-n2c(C)nnc21. The van der Waals surface area contributed by atoms with E-state index in [0.717, 1.165) is 70.9 Å². The number of anilines is 1. The van der Waals surface area contributed by atoms with Gasteiger partial charge in [0.05, 0.1) is 47.9 Å². The number of aliphatic imine (C=N–C) groups is 1. The van der Waals surface area contributed by atoms with Crippen molar-refractivity contribution in [3.63, 3.8) is 0 Å². The molecule has 2 aromatic carbocycles. The van der Waals surface area contributed by atoms with Gasteiger partial charge in [0.2, 0.25) is 17.7 Å². The van der Waals surface area contributed by atoms with Crippen LogP contribution in [0.4, 0.5) is 5.82 Å². The molecule has 4 aromatic heterocycles. The predicted molar refractivity (Wildman–Crippen MR) is 262 cm³/mol. The average molecular weight is 941 g/mol. The Bertz CT molecular complexity index is 2840. The molecule has 3 N–H and O–H groups in total. The molecule has 1 saturated heterocycles. The number of benzene rings is 2. The van der Waals surface area contributed by atoms with Crippen molar-refractivity contribution in [2.24, 2.45) is 10.4 Å². The number of methoxy groups -OCH3 is 1. The Kier molecular flexibility index (Phi) is 13.5. The molecule has 67 heavy (non-hydrogen) atoms. The number of thiophene rings is 1. The van der Waals surface area contributed by atoms with Gasteiger partial charge in [0.25, 0.3) is 0 Å². The molecule has 15 nitrogen and oxygen atoms in total. The zero-order chi connectivity index (χ0) is 47.7. The molecule has 3 amide bonds. The van der Waals surface area contributed by atoms with Crippen LogP contribution in [0, 0.1) is 33.1 Å². The maximum atomic E-state index is 14.2. The molecule has 3 unspecified atom stereocenters. The smallest absolute Gasteiger partial charge is 0.308 e. The first-order valence-electron chi connectivity index (χ1n) is 22.4. The lowest BCUT2D eigenvalue weighted by Crippen LogP contribution is -2.58. The van der Waals surface area contributed by atoms with E-state index in [4.69, 9.17) is 9.73 Å². The zero-order valence-electron chi connectivity index (χ0n) is 39.3. The van der Waals surface area contributed by atoms with Gasteiger partial charge in [0.15, 0.2) is 5.82 Å². The van der Waals surface area contributed by atoms with E-state index in [9.17, 15) is 19.2 Å². The van der Waals surface area contributed by atoms with E-state index < -0.39 is 23.5 Å². The molecule has 8 rings (SSSR count). The molecule has 0 spiro atoms. The molecule has 0 bridgehead atoms. The van der Waals surface area contributed by atoms with Gasteiger partial charge in [0.1, 0.15) is 34.8 Å². The Hall–Kier alpha value is -6.59. The summed E-state index contributed by atoms with van der Waals surface area (Å²) in [5.74, 6) is 0.563. The average Bonchev–Trinajstić information content (AvgIpc) is 4.11. The number of pyridine rings is 1. The van der Waals surface area contributed by atoms with Crippen LogP contribution in [-0.2, 0) is 23.9 Å². The third kappa shape index (κ3) is 9.79. The van der Waals surface area contributed by atoms with E-state index >= 15 is 0 Å². The normalized spacial score (nSPS) is 16.6. The molecule has 348 valence electrons. The molecule has 6 heterocycles. The number of ether oxygens (including phenoxy) is 1. The van der Waals surface area contributed by atoms with Crippen molar-refractivity contribution in [2.45, 2.75) is 98.8 Å². The molecule has 17 heteroatoms. The first-order valence-corrected chi connectivity index (χ1v) is 24.1. The van der Waals surface area contributed by atoms with E-state index in [0.29, 0.717) is 31.0 Å².